The van der Waals surface area contributed by atoms with Crippen LogP contribution in [0.25, 0.3) is 39.0 Å². The highest BCUT2D eigenvalue weighted by atomic mass is 19.1. The Hall–Kier alpha value is -4.11. The van der Waals surface area contributed by atoms with Gasteiger partial charge in [0.05, 0.1) is 17.4 Å². The zero-order valence-electron chi connectivity index (χ0n) is 22.4. The Bertz CT molecular complexity index is 1860. The maximum atomic E-state index is 15.9. The number of hydrogen-bond acceptors (Lipinski definition) is 0. The molecule has 2 nitrogen and oxygen atoms in total. The Morgan fingerprint density at radius 3 is 2.64 bits per heavy atom. The van der Waals surface area contributed by atoms with Gasteiger partial charge in [-0.25, -0.2) is 4.39 Å². The molecule has 0 spiro atoms. The highest BCUT2D eigenvalue weighted by Gasteiger charge is 2.49. The number of fused-ring (bicyclic) bond motifs is 6. The van der Waals surface area contributed by atoms with Gasteiger partial charge in [0.1, 0.15) is 5.82 Å². The highest BCUT2D eigenvalue weighted by molar-refractivity contribution is 6.01. The number of hydrogen-bond donors (Lipinski definition) is 0. The molecule has 2 aliphatic heterocycles. The van der Waals surface area contributed by atoms with Crippen molar-refractivity contribution in [1.29, 1.82) is 0 Å². The van der Waals surface area contributed by atoms with Crippen LogP contribution in [0.2, 0.25) is 0 Å². The maximum absolute atomic E-state index is 15.9. The second-order valence-corrected chi connectivity index (χ2v) is 11.9. The molecule has 4 heterocycles. The largest absolute Gasteiger partial charge is 0.221 e. The summed E-state index contributed by atoms with van der Waals surface area (Å²) in [4.78, 5) is 0. The van der Waals surface area contributed by atoms with Crippen LogP contribution in [-0.2, 0) is 11.8 Å². The van der Waals surface area contributed by atoms with E-state index < -0.39 is 5.41 Å². The summed E-state index contributed by atoms with van der Waals surface area (Å²) in [6.45, 7) is 9.01. The van der Waals surface area contributed by atoms with Crippen LogP contribution in [0.15, 0.2) is 97.8 Å². The van der Waals surface area contributed by atoms with Crippen LogP contribution >= 0.6 is 0 Å². The van der Waals surface area contributed by atoms with Gasteiger partial charge in [0.15, 0.2) is 24.1 Å². The van der Waals surface area contributed by atoms with Gasteiger partial charge in [-0.05, 0) is 59.7 Å². The molecule has 2 atom stereocenters. The Balaban J connectivity index is 1.44. The minimum atomic E-state index is -0.422. The van der Waals surface area contributed by atoms with E-state index in [0.717, 1.165) is 36.1 Å². The molecular formula is C36H31FN2+2. The molecule has 0 saturated heterocycles. The van der Waals surface area contributed by atoms with Gasteiger partial charge in [0.25, 0.3) is 0 Å². The van der Waals surface area contributed by atoms with Crippen LogP contribution in [0.3, 0.4) is 0 Å². The summed E-state index contributed by atoms with van der Waals surface area (Å²) in [7, 11) is 0. The van der Waals surface area contributed by atoms with Gasteiger partial charge < -0.3 is 0 Å². The second kappa shape index (κ2) is 7.95. The predicted octanol–water partition coefficient (Wildman–Crippen LogP) is 7.67. The molecule has 39 heavy (non-hydrogen) atoms. The number of pyridine rings is 2. The summed E-state index contributed by atoms with van der Waals surface area (Å²) in [6.07, 6.45) is 7.16. The van der Waals surface area contributed by atoms with Crippen molar-refractivity contribution in [2.75, 3.05) is 0 Å². The monoisotopic (exact) mass is 510 g/mol. The van der Waals surface area contributed by atoms with Gasteiger partial charge in [-0.3, -0.25) is 0 Å². The normalized spacial score (nSPS) is 20.1. The van der Waals surface area contributed by atoms with E-state index in [1.807, 2.05) is 0 Å². The molecule has 0 radical (unpaired) electrons. The first kappa shape index (κ1) is 22.8. The fourth-order valence-corrected chi connectivity index (χ4v) is 7.86. The number of aryl methyl sites for hydroxylation is 1. The third kappa shape index (κ3) is 3.02. The lowest BCUT2D eigenvalue weighted by molar-refractivity contribution is -0.719. The first-order chi connectivity index (χ1) is 18.9. The van der Waals surface area contributed by atoms with Crippen molar-refractivity contribution in [3.63, 3.8) is 0 Å². The first-order valence-corrected chi connectivity index (χ1v) is 14.0. The lowest BCUT2D eigenvalue weighted by Crippen LogP contribution is -2.51. The Kier molecular flexibility index (Phi) is 4.66. The number of allylic oxidation sites excluding steroid dienone is 1. The Labute approximate surface area is 228 Å². The number of rotatable bonds is 0. The fourth-order valence-electron chi connectivity index (χ4n) is 7.86. The molecule has 8 rings (SSSR count). The highest BCUT2D eigenvalue weighted by Crippen LogP contribution is 2.54. The van der Waals surface area contributed by atoms with E-state index in [9.17, 15) is 0 Å². The standard InChI is InChI=1S/C36H31FN2/c1-22-21-31-26(15-14-23-9-4-5-11-25(23)30-13-6-7-19-38(22)30)27-16-17-29(37)34-33(27)35-32-24(18-20-39(31)35)10-8-12-28(32)36(34,2)3/h4-13,16-20,26,31H,1,14-15,21H2,2-3H3/q+2. The predicted molar refractivity (Wildman–Crippen MR) is 154 cm³/mol. The van der Waals surface area contributed by atoms with Crippen molar-refractivity contribution in [2.24, 2.45) is 0 Å². The molecule has 0 bridgehead atoms. The van der Waals surface area contributed by atoms with E-state index in [1.165, 1.54) is 44.4 Å². The SMILES string of the molecule is C=C1CC2C(CCc3ccccc3-c3cccc[n+]31)c1ccc(F)c3c1-c1c4c(cccc4cc[n+]12)C3(C)C. The molecular weight excluding hydrogens is 479 g/mol. The Morgan fingerprint density at radius 1 is 0.897 bits per heavy atom. The summed E-state index contributed by atoms with van der Waals surface area (Å²) in [6, 6.07) is 27.9. The van der Waals surface area contributed by atoms with E-state index in [1.54, 1.807) is 6.07 Å². The molecule has 0 N–H and O–H groups in total. The molecule has 2 unspecified atom stereocenters. The minimum Gasteiger partial charge on any atom is -0.207 e. The van der Waals surface area contributed by atoms with Crippen molar-refractivity contribution >= 4 is 16.5 Å². The molecule has 0 amide bonds. The van der Waals surface area contributed by atoms with Crippen molar-refractivity contribution in [3.8, 4) is 22.5 Å². The molecule has 3 aromatic carbocycles. The fraction of sp³-hybridized carbons (Fsp3) is 0.222. The van der Waals surface area contributed by atoms with Crippen LogP contribution in [0.5, 0.6) is 0 Å². The summed E-state index contributed by atoms with van der Waals surface area (Å²) < 4.78 is 20.6. The van der Waals surface area contributed by atoms with Gasteiger partial charge >= 0.3 is 0 Å². The van der Waals surface area contributed by atoms with E-state index in [-0.39, 0.29) is 17.8 Å². The average Bonchev–Trinajstić information content (AvgIpc) is 2.95. The Morgan fingerprint density at radius 2 is 1.74 bits per heavy atom. The lowest BCUT2D eigenvalue weighted by atomic mass is 9.65. The van der Waals surface area contributed by atoms with Gasteiger partial charge in [0.2, 0.25) is 11.4 Å². The smallest absolute Gasteiger partial charge is 0.207 e. The topological polar surface area (TPSA) is 7.76 Å². The summed E-state index contributed by atoms with van der Waals surface area (Å²) in [5, 5.41) is 2.49. The molecule has 1 aliphatic carbocycles. The minimum absolute atomic E-state index is 0.102. The second-order valence-electron chi connectivity index (χ2n) is 11.9. The van der Waals surface area contributed by atoms with Crippen molar-refractivity contribution < 1.29 is 13.5 Å². The van der Waals surface area contributed by atoms with E-state index in [4.69, 9.17) is 0 Å². The van der Waals surface area contributed by atoms with Crippen LogP contribution in [-0.4, -0.2) is 0 Å². The first-order valence-electron chi connectivity index (χ1n) is 14.0. The van der Waals surface area contributed by atoms with Crippen LogP contribution in [0.1, 0.15) is 60.9 Å². The zero-order chi connectivity index (χ0) is 26.5. The lowest BCUT2D eigenvalue weighted by Gasteiger charge is -2.40. The summed E-state index contributed by atoms with van der Waals surface area (Å²) in [5.41, 5.74) is 10.1. The average molecular weight is 511 g/mol. The number of halogens is 1. The third-order valence-electron chi connectivity index (χ3n) is 9.61. The van der Waals surface area contributed by atoms with Crippen molar-refractivity contribution in [2.45, 2.75) is 50.5 Å². The van der Waals surface area contributed by atoms with Crippen LogP contribution in [0.4, 0.5) is 4.39 Å². The van der Waals surface area contributed by atoms with E-state index in [0.29, 0.717) is 0 Å². The maximum Gasteiger partial charge on any atom is 0.221 e. The van der Waals surface area contributed by atoms with Gasteiger partial charge in [-0.1, -0.05) is 56.3 Å². The molecule has 0 fully saturated rings. The number of benzene rings is 3. The molecule has 3 heteroatoms. The van der Waals surface area contributed by atoms with Crippen molar-refractivity contribution in [3.05, 3.63) is 126 Å². The molecule has 190 valence electrons. The molecule has 0 saturated carbocycles. The zero-order valence-corrected chi connectivity index (χ0v) is 22.4. The van der Waals surface area contributed by atoms with Gasteiger partial charge in [-0.15, -0.1) is 0 Å². The quantitative estimate of drug-likeness (QED) is 0.189. The van der Waals surface area contributed by atoms with Crippen molar-refractivity contribution in [1.82, 2.24) is 0 Å². The van der Waals surface area contributed by atoms with Gasteiger partial charge in [-0.2, -0.15) is 9.13 Å². The van der Waals surface area contributed by atoms with Crippen LogP contribution < -0.4 is 9.13 Å². The number of nitrogens with zero attached hydrogens (tertiary/aromatic N) is 2. The van der Waals surface area contributed by atoms with E-state index >= 15 is 4.39 Å². The van der Waals surface area contributed by atoms with E-state index in [2.05, 4.69) is 115 Å². The molecule has 5 aromatic rings. The molecule has 2 aromatic heterocycles. The van der Waals surface area contributed by atoms with Crippen LogP contribution in [0, 0.1) is 5.82 Å². The summed E-state index contributed by atoms with van der Waals surface area (Å²) >= 11 is 0. The molecule has 3 aliphatic rings. The van der Waals surface area contributed by atoms with Gasteiger partial charge in [0, 0.05) is 40.7 Å². The third-order valence-corrected chi connectivity index (χ3v) is 9.61. The summed E-state index contributed by atoms with van der Waals surface area (Å²) in [5.74, 6) is 0.139. The number of aromatic nitrogens is 2.